The molecule has 6 heterocycles. The van der Waals surface area contributed by atoms with Crippen LogP contribution in [0.25, 0.3) is 27.4 Å². The molecule has 0 amide bonds. The Balaban J connectivity index is 0.000000128. The summed E-state index contributed by atoms with van der Waals surface area (Å²) in [7, 11) is 4.38. The van der Waals surface area contributed by atoms with E-state index in [9.17, 15) is 0 Å². The fourth-order valence-electron chi connectivity index (χ4n) is 9.29. The van der Waals surface area contributed by atoms with Crippen molar-refractivity contribution in [3.05, 3.63) is 135 Å². The first-order valence-electron chi connectivity index (χ1n) is 19.9. The van der Waals surface area contributed by atoms with E-state index in [1.54, 1.807) is 0 Å². The third-order valence-corrected chi connectivity index (χ3v) is 12.5. The lowest BCUT2D eigenvalue weighted by atomic mass is 9.80. The lowest BCUT2D eigenvalue weighted by Gasteiger charge is -2.36. The predicted molar refractivity (Wildman–Crippen MR) is 225 cm³/mol. The van der Waals surface area contributed by atoms with Crippen LogP contribution >= 0.6 is 23.2 Å². The molecular formula is C46H52Cl2N6. The summed E-state index contributed by atoms with van der Waals surface area (Å²) in [6.45, 7) is 4.30. The van der Waals surface area contributed by atoms with Crippen LogP contribution in [0.2, 0.25) is 10.0 Å². The number of aromatic nitrogens is 4. The summed E-state index contributed by atoms with van der Waals surface area (Å²) in [4.78, 5) is 16.5. The highest BCUT2D eigenvalue weighted by Gasteiger charge is 2.33. The number of rotatable bonds is 3. The van der Waals surface area contributed by atoms with Crippen molar-refractivity contribution < 1.29 is 0 Å². The molecule has 1 N–H and O–H groups in total. The molecule has 10 rings (SSSR count). The monoisotopic (exact) mass is 758 g/mol. The van der Waals surface area contributed by atoms with E-state index in [2.05, 4.69) is 104 Å². The number of H-pyrrole nitrogens is 1. The lowest BCUT2D eigenvalue weighted by Crippen LogP contribution is -2.30. The molecule has 2 atom stereocenters. The summed E-state index contributed by atoms with van der Waals surface area (Å²) in [5.74, 6) is 0.566. The first kappa shape index (κ1) is 37.0. The molecule has 2 aliphatic heterocycles. The second kappa shape index (κ2) is 16.8. The van der Waals surface area contributed by atoms with E-state index in [1.165, 1.54) is 112 Å². The van der Waals surface area contributed by atoms with Gasteiger partial charge in [-0.25, -0.2) is 0 Å². The lowest BCUT2D eigenvalue weighted by molar-refractivity contribution is 0.281. The molecule has 1 saturated carbocycles. The van der Waals surface area contributed by atoms with Crippen molar-refractivity contribution in [1.82, 2.24) is 29.3 Å². The van der Waals surface area contributed by atoms with Crippen molar-refractivity contribution in [2.45, 2.75) is 89.3 Å². The van der Waals surface area contributed by atoms with Crippen molar-refractivity contribution in [1.29, 1.82) is 0 Å². The van der Waals surface area contributed by atoms with Crippen LogP contribution in [0.5, 0.6) is 0 Å². The molecular weight excluding hydrogens is 707 g/mol. The maximum atomic E-state index is 6.39. The normalized spacial score (nSPS) is 20.3. The molecule has 0 bridgehead atoms. The number of likely N-dealkylation sites (N-methyl/N-ethyl adjacent to an activating group) is 2. The van der Waals surface area contributed by atoms with Crippen molar-refractivity contribution >= 4 is 50.6 Å². The Kier molecular flexibility index (Phi) is 11.5. The number of allylic oxidation sites excluding steroid dienone is 2. The second-order valence-corrected chi connectivity index (χ2v) is 16.5. The van der Waals surface area contributed by atoms with E-state index < -0.39 is 0 Å². The van der Waals surface area contributed by atoms with Crippen LogP contribution in [0, 0.1) is 0 Å². The van der Waals surface area contributed by atoms with Gasteiger partial charge in [0.2, 0.25) is 0 Å². The Morgan fingerprint density at radius 1 is 0.685 bits per heavy atom. The second-order valence-electron chi connectivity index (χ2n) is 15.7. The van der Waals surface area contributed by atoms with Crippen LogP contribution < -0.4 is 0 Å². The average molecular weight is 760 g/mol. The average Bonchev–Trinajstić information content (AvgIpc) is 3.73. The van der Waals surface area contributed by atoms with Crippen LogP contribution in [0.1, 0.15) is 97.0 Å². The van der Waals surface area contributed by atoms with Gasteiger partial charge in [0.1, 0.15) is 0 Å². The maximum absolute atomic E-state index is 6.39. The highest BCUT2D eigenvalue weighted by molar-refractivity contribution is 6.31. The highest BCUT2D eigenvalue weighted by atomic mass is 35.5. The first-order valence-corrected chi connectivity index (χ1v) is 20.6. The predicted octanol–water partition coefficient (Wildman–Crippen LogP) is 11.4. The number of fused-ring (bicyclic) bond motifs is 6. The molecule has 4 aromatic heterocycles. The number of halogens is 2. The van der Waals surface area contributed by atoms with Gasteiger partial charge in [0, 0.05) is 119 Å². The first-order chi connectivity index (χ1) is 26.4. The van der Waals surface area contributed by atoms with Crippen molar-refractivity contribution in [3.8, 4) is 0 Å². The summed E-state index contributed by atoms with van der Waals surface area (Å²) in [6.07, 6.45) is 22.5. The Labute approximate surface area is 330 Å². The van der Waals surface area contributed by atoms with E-state index in [1.807, 2.05) is 30.9 Å². The fourth-order valence-corrected chi connectivity index (χ4v) is 9.63. The zero-order valence-corrected chi connectivity index (χ0v) is 33.2. The van der Waals surface area contributed by atoms with Crippen LogP contribution in [0.3, 0.4) is 0 Å². The Morgan fingerprint density at radius 3 is 2.13 bits per heavy atom. The highest BCUT2D eigenvalue weighted by Crippen LogP contribution is 2.45. The van der Waals surface area contributed by atoms with E-state index in [4.69, 9.17) is 23.2 Å². The maximum Gasteiger partial charge on any atom is 0.0489 e. The Bertz CT molecular complexity index is 2220. The minimum Gasteiger partial charge on any atom is -0.358 e. The van der Waals surface area contributed by atoms with E-state index in [0.717, 1.165) is 49.1 Å². The number of nitrogens with one attached hydrogen (secondary N) is 1. The van der Waals surface area contributed by atoms with Gasteiger partial charge in [-0.05, 0) is 141 Å². The smallest absolute Gasteiger partial charge is 0.0489 e. The van der Waals surface area contributed by atoms with Crippen LogP contribution in [-0.4, -0.2) is 56.5 Å². The van der Waals surface area contributed by atoms with Gasteiger partial charge in [-0.3, -0.25) is 9.97 Å². The number of nitrogens with zero attached hydrogens (tertiary/aromatic N) is 5. The van der Waals surface area contributed by atoms with Gasteiger partial charge in [0.15, 0.2) is 0 Å². The Morgan fingerprint density at radius 2 is 1.37 bits per heavy atom. The van der Waals surface area contributed by atoms with Crippen LogP contribution in [0.4, 0.5) is 0 Å². The molecule has 2 unspecified atom stereocenters. The molecule has 6 aromatic rings. The van der Waals surface area contributed by atoms with Gasteiger partial charge in [-0.15, -0.1) is 0 Å². The third kappa shape index (κ3) is 8.04. The minimum absolute atomic E-state index is 0.525. The molecule has 54 heavy (non-hydrogen) atoms. The summed E-state index contributed by atoms with van der Waals surface area (Å²) < 4.78 is 2.69. The summed E-state index contributed by atoms with van der Waals surface area (Å²) in [5.41, 5.74) is 12.7. The zero-order chi connectivity index (χ0) is 37.0. The van der Waals surface area contributed by atoms with Gasteiger partial charge in [0.05, 0.1) is 0 Å². The summed E-state index contributed by atoms with van der Waals surface area (Å²) >= 11 is 12.4. The molecule has 0 spiro atoms. The van der Waals surface area contributed by atoms with Crippen LogP contribution in [0.15, 0.2) is 91.5 Å². The largest absolute Gasteiger partial charge is 0.358 e. The Hall–Kier alpha value is -3.94. The third-order valence-electron chi connectivity index (χ3n) is 12.0. The van der Waals surface area contributed by atoms with Crippen molar-refractivity contribution in [2.75, 3.05) is 27.2 Å². The number of hydrogen-bond acceptors (Lipinski definition) is 4. The topological polar surface area (TPSA) is 53.0 Å². The standard InChI is InChI=1S/C23H26ClN3.C12H13ClN2.C11H13N/c1-26-13-10-23-20(15-26)19-14-17(24)6-7-22(19)27(23)21-5-3-2-4-18(21)16-8-11-25-12-9-16;1-15-5-4-12-10(7-15)9-6-8(13)2-3-11(9)14-12;1-2-4-10(5-3-1)11-6-8-12-9-7-11/h6-9,11-12,14,18,21H,2-5,10,13,15H2,1H3;2-3,6,14H,4-5,7H2,1H3;4,6-9H,1-3,5H2. The molecule has 280 valence electrons. The minimum atomic E-state index is 0.525. The molecule has 8 heteroatoms. The van der Waals surface area contributed by atoms with E-state index >= 15 is 0 Å². The SMILES string of the molecule is C1=C(c2ccncc2)CCCC1.CN1CCc2[nH]c3ccc(Cl)cc3c2C1.CN1CCc2c(c3cc(Cl)ccc3n2C2CCCCC2c2ccncc2)C1. The number of pyridine rings is 2. The molecule has 1 fully saturated rings. The quantitative estimate of drug-likeness (QED) is 0.195. The molecule has 4 aliphatic rings. The molecule has 2 aliphatic carbocycles. The van der Waals surface area contributed by atoms with E-state index in [-0.39, 0.29) is 0 Å². The number of hydrogen-bond donors (Lipinski definition) is 1. The summed E-state index contributed by atoms with van der Waals surface area (Å²) in [6, 6.07) is 21.7. The van der Waals surface area contributed by atoms with Gasteiger partial charge >= 0.3 is 0 Å². The number of benzene rings is 2. The van der Waals surface area contributed by atoms with Gasteiger partial charge in [0.25, 0.3) is 0 Å². The van der Waals surface area contributed by atoms with Crippen LogP contribution in [-0.2, 0) is 25.9 Å². The van der Waals surface area contributed by atoms with Crippen molar-refractivity contribution in [2.24, 2.45) is 0 Å². The van der Waals surface area contributed by atoms with E-state index in [0.29, 0.717) is 12.0 Å². The van der Waals surface area contributed by atoms with Gasteiger partial charge in [-0.1, -0.05) is 42.1 Å². The molecule has 2 aromatic carbocycles. The van der Waals surface area contributed by atoms with Crippen molar-refractivity contribution in [3.63, 3.8) is 0 Å². The van der Waals surface area contributed by atoms with Gasteiger partial charge in [-0.2, -0.15) is 0 Å². The fraction of sp³-hybridized carbons (Fsp3) is 0.391. The molecule has 6 nitrogen and oxygen atoms in total. The molecule has 0 radical (unpaired) electrons. The number of aromatic amines is 1. The van der Waals surface area contributed by atoms with Gasteiger partial charge < -0.3 is 19.4 Å². The summed E-state index contributed by atoms with van der Waals surface area (Å²) in [5, 5.41) is 4.29. The molecule has 0 saturated heterocycles. The zero-order valence-electron chi connectivity index (χ0n) is 31.7.